The van der Waals surface area contributed by atoms with Crippen LogP contribution in [0.4, 0.5) is 0 Å². The number of nitriles is 1. The van der Waals surface area contributed by atoms with Crippen LogP contribution in [-0.2, 0) is 11.3 Å². The number of hydrogen-bond acceptors (Lipinski definition) is 5. The number of halogens is 2. The van der Waals surface area contributed by atoms with Crippen molar-refractivity contribution in [2.24, 2.45) is 0 Å². The second-order valence-electron chi connectivity index (χ2n) is 8.61. The molecule has 3 aromatic rings. The monoisotopic (exact) mass is 523 g/mol. The summed E-state index contributed by atoms with van der Waals surface area (Å²) in [4.78, 5) is 17.1. The molecule has 1 fully saturated rings. The number of nitrogens with zero attached hydrogens (tertiary/aromatic N) is 3. The van der Waals surface area contributed by atoms with E-state index in [9.17, 15) is 4.79 Å². The van der Waals surface area contributed by atoms with E-state index in [0.717, 1.165) is 30.0 Å². The van der Waals surface area contributed by atoms with E-state index in [1.54, 1.807) is 37.4 Å². The number of benzene rings is 3. The SMILES string of the molecule is COc1cccc([C@@H](CN2CCN(C(=O)c3ccc(Cl)c(Cl)c3)CC2)OCc2ccc(C#N)cc2)c1. The Morgan fingerprint density at radius 2 is 1.75 bits per heavy atom. The number of methoxy groups -OCH3 is 1. The van der Waals surface area contributed by atoms with Crippen LogP contribution in [0.15, 0.2) is 66.7 Å². The van der Waals surface area contributed by atoms with Gasteiger partial charge in [-0.3, -0.25) is 9.69 Å². The van der Waals surface area contributed by atoms with Crippen LogP contribution in [0.1, 0.15) is 33.2 Å². The highest BCUT2D eigenvalue weighted by atomic mass is 35.5. The van der Waals surface area contributed by atoms with E-state index in [-0.39, 0.29) is 12.0 Å². The van der Waals surface area contributed by atoms with Crippen molar-refractivity contribution in [1.82, 2.24) is 9.80 Å². The summed E-state index contributed by atoms with van der Waals surface area (Å²) in [6.07, 6.45) is -0.187. The van der Waals surface area contributed by atoms with Gasteiger partial charge in [-0.1, -0.05) is 47.5 Å². The summed E-state index contributed by atoms with van der Waals surface area (Å²) in [5.74, 6) is 0.728. The Hall–Kier alpha value is -3.08. The normalized spacial score (nSPS) is 14.8. The number of carbonyl (C=O) groups is 1. The predicted molar refractivity (Wildman–Crippen MR) is 140 cm³/mol. The van der Waals surface area contributed by atoms with E-state index in [1.165, 1.54) is 0 Å². The van der Waals surface area contributed by atoms with Gasteiger partial charge in [0.15, 0.2) is 0 Å². The third kappa shape index (κ3) is 6.57. The Morgan fingerprint density at radius 1 is 1.00 bits per heavy atom. The third-order valence-corrected chi connectivity index (χ3v) is 6.99. The minimum absolute atomic E-state index is 0.0466. The minimum atomic E-state index is -0.187. The summed E-state index contributed by atoms with van der Waals surface area (Å²) in [7, 11) is 1.65. The fourth-order valence-electron chi connectivity index (χ4n) is 4.15. The fourth-order valence-corrected chi connectivity index (χ4v) is 4.45. The van der Waals surface area contributed by atoms with Gasteiger partial charge in [0, 0.05) is 38.3 Å². The molecular formula is C28H27Cl2N3O3. The van der Waals surface area contributed by atoms with Crippen LogP contribution in [0, 0.1) is 11.3 Å². The first-order valence-electron chi connectivity index (χ1n) is 11.7. The summed E-state index contributed by atoms with van der Waals surface area (Å²) in [5.41, 5.74) is 3.19. The number of hydrogen-bond donors (Lipinski definition) is 0. The third-order valence-electron chi connectivity index (χ3n) is 6.25. The van der Waals surface area contributed by atoms with Gasteiger partial charge in [0.2, 0.25) is 0 Å². The van der Waals surface area contributed by atoms with Crippen molar-refractivity contribution in [2.45, 2.75) is 12.7 Å². The molecule has 1 aliphatic rings. The maximum absolute atomic E-state index is 12.9. The molecule has 1 heterocycles. The molecule has 6 nitrogen and oxygen atoms in total. The molecule has 186 valence electrons. The Labute approximate surface area is 221 Å². The van der Waals surface area contributed by atoms with Gasteiger partial charge in [-0.2, -0.15) is 5.26 Å². The van der Waals surface area contributed by atoms with Crippen molar-refractivity contribution in [2.75, 3.05) is 39.8 Å². The van der Waals surface area contributed by atoms with Gasteiger partial charge in [0.05, 0.1) is 41.5 Å². The molecule has 8 heteroatoms. The topological polar surface area (TPSA) is 65.8 Å². The van der Waals surface area contributed by atoms with Crippen LogP contribution in [0.25, 0.3) is 0 Å². The maximum Gasteiger partial charge on any atom is 0.253 e. The molecule has 0 N–H and O–H groups in total. The van der Waals surface area contributed by atoms with Gasteiger partial charge in [0.25, 0.3) is 5.91 Å². The van der Waals surface area contributed by atoms with Gasteiger partial charge in [-0.15, -0.1) is 0 Å². The van der Waals surface area contributed by atoms with E-state index in [4.69, 9.17) is 37.9 Å². The number of carbonyl (C=O) groups excluding carboxylic acids is 1. The quantitative estimate of drug-likeness (QED) is 0.385. The maximum atomic E-state index is 12.9. The molecule has 0 aliphatic carbocycles. The Bertz CT molecular complexity index is 1240. The van der Waals surface area contributed by atoms with Gasteiger partial charge in [0.1, 0.15) is 5.75 Å². The summed E-state index contributed by atoms with van der Waals surface area (Å²) < 4.78 is 11.8. The van der Waals surface area contributed by atoms with Gasteiger partial charge in [-0.05, 0) is 53.6 Å². The Balaban J connectivity index is 1.41. The molecular weight excluding hydrogens is 497 g/mol. The first-order valence-corrected chi connectivity index (χ1v) is 12.4. The van der Waals surface area contributed by atoms with Crippen molar-refractivity contribution in [1.29, 1.82) is 5.26 Å². The zero-order valence-corrected chi connectivity index (χ0v) is 21.5. The highest BCUT2D eigenvalue weighted by Crippen LogP contribution is 2.26. The van der Waals surface area contributed by atoms with Crippen molar-refractivity contribution in [3.63, 3.8) is 0 Å². The lowest BCUT2D eigenvalue weighted by Gasteiger charge is -2.36. The molecule has 36 heavy (non-hydrogen) atoms. The van der Waals surface area contributed by atoms with E-state index < -0.39 is 0 Å². The molecule has 1 atom stereocenters. The second kappa shape index (κ2) is 12.2. The van der Waals surface area contributed by atoms with Crippen molar-refractivity contribution < 1.29 is 14.3 Å². The summed E-state index contributed by atoms with van der Waals surface area (Å²) in [6, 6.07) is 22.4. The van der Waals surface area contributed by atoms with E-state index in [1.807, 2.05) is 41.3 Å². The van der Waals surface area contributed by atoms with Crippen LogP contribution in [0.3, 0.4) is 0 Å². The van der Waals surface area contributed by atoms with E-state index in [2.05, 4.69) is 11.0 Å². The second-order valence-corrected chi connectivity index (χ2v) is 9.42. The van der Waals surface area contributed by atoms with E-state index in [0.29, 0.717) is 47.4 Å². The van der Waals surface area contributed by atoms with Crippen molar-refractivity contribution in [3.05, 3.63) is 99.0 Å². The largest absolute Gasteiger partial charge is 0.497 e. The first kappa shape index (κ1) is 26.0. The van der Waals surface area contributed by atoms with Gasteiger partial charge < -0.3 is 14.4 Å². The van der Waals surface area contributed by atoms with Crippen LogP contribution < -0.4 is 4.74 Å². The molecule has 0 spiro atoms. The minimum Gasteiger partial charge on any atom is -0.497 e. The lowest BCUT2D eigenvalue weighted by Crippen LogP contribution is -2.49. The molecule has 1 amide bonds. The van der Waals surface area contributed by atoms with Crippen LogP contribution in [0.5, 0.6) is 5.75 Å². The fraction of sp³-hybridized carbons (Fsp3) is 0.286. The predicted octanol–water partition coefficient (Wildman–Crippen LogP) is 5.59. The van der Waals surface area contributed by atoms with Crippen molar-refractivity contribution in [3.8, 4) is 11.8 Å². The Morgan fingerprint density at radius 3 is 2.42 bits per heavy atom. The summed E-state index contributed by atoms with van der Waals surface area (Å²) in [6.45, 7) is 3.78. The molecule has 0 unspecified atom stereocenters. The average Bonchev–Trinajstić information content (AvgIpc) is 2.92. The number of ether oxygens (including phenoxy) is 2. The number of amides is 1. The van der Waals surface area contributed by atoms with Crippen LogP contribution in [-0.4, -0.2) is 55.5 Å². The number of rotatable bonds is 8. The Kier molecular flexibility index (Phi) is 8.84. The van der Waals surface area contributed by atoms with E-state index >= 15 is 0 Å². The lowest BCUT2D eigenvalue weighted by molar-refractivity contribution is 0.00333. The summed E-state index contributed by atoms with van der Waals surface area (Å²) >= 11 is 12.1. The zero-order valence-electron chi connectivity index (χ0n) is 20.0. The molecule has 0 radical (unpaired) electrons. The smallest absolute Gasteiger partial charge is 0.253 e. The molecule has 0 aromatic heterocycles. The highest BCUT2D eigenvalue weighted by molar-refractivity contribution is 6.42. The van der Waals surface area contributed by atoms with Crippen LogP contribution in [0.2, 0.25) is 10.0 Å². The average molecular weight is 524 g/mol. The number of piperazine rings is 1. The highest BCUT2D eigenvalue weighted by Gasteiger charge is 2.25. The molecule has 0 bridgehead atoms. The zero-order chi connectivity index (χ0) is 25.5. The van der Waals surface area contributed by atoms with Gasteiger partial charge >= 0.3 is 0 Å². The summed E-state index contributed by atoms with van der Waals surface area (Å²) in [5, 5.41) is 9.84. The molecule has 1 aliphatic heterocycles. The lowest BCUT2D eigenvalue weighted by atomic mass is 10.1. The molecule has 0 saturated carbocycles. The molecule has 1 saturated heterocycles. The van der Waals surface area contributed by atoms with Crippen LogP contribution >= 0.6 is 23.2 Å². The van der Waals surface area contributed by atoms with Crippen molar-refractivity contribution >= 4 is 29.1 Å². The standard InChI is InChI=1S/C28H27Cl2N3O3/c1-35-24-4-2-3-22(15-24)27(36-19-21-7-5-20(17-31)6-8-21)18-32-11-13-33(14-12-32)28(34)23-9-10-25(29)26(30)16-23/h2-10,15-16,27H,11-14,18-19H2,1H3/t27-/m1/s1. The van der Waals surface area contributed by atoms with Gasteiger partial charge in [-0.25, -0.2) is 0 Å². The molecule has 3 aromatic carbocycles. The first-order chi connectivity index (χ1) is 17.5. The molecule has 4 rings (SSSR count).